The van der Waals surface area contributed by atoms with Gasteiger partial charge in [0.05, 0.1) is 25.9 Å². The van der Waals surface area contributed by atoms with E-state index < -0.39 is 41.0 Å². The summed E-state index contributed by atoms with van der Waals surface area (Å²) in [6, 6.07) is 7.99. The number of nitrogens with zero attached hydrogens (tertiary/aromatic N) is 1. The van der Waals surface area contributed by atoms with E-state index in [-0.39, 0.29) is 39.3 Å². The zero-order valence-corrected chi connectivity index (χ0v) is 25.5. The Kier molecular flexibility index (Phi) is 17.0. The Bertz CT molecular complexity index is 891. The SMILES string of the molecule is C=CCCCCCCCCC(=O)N([NH-])C(Cc1ccccc1)C(=O)OCC(O)COCC(C)(C)C(O)C(C)(C)CO. The molecular formula is C32H53N2O7-. The highest BCUT2D eigenvalue weighted by molar-refractivity contribution is 5.85. The Labute approximate surface area is 246 Å². The normalized spacial score (nSPS) is 14.2. The van der Waals surface area contributed by atoms with Crippen molar-refractivity contribution in [3.63, 3.8) is 0 Å². The number of carbonyl (C=O) groups is 2. The van der Waals surface area contributed by atoms with Crippen molar-refractivity contribution in [3.8, 4) is 0 Å². The van der Waals surface area contributed by atoms with Crippen LogP contribution in [0.4, 0.5) is 0 Å². The summed E-state index contributed by atoms with van der Waals surface area (Å²) >= 11 is 0. The maximum Gasteiger partial charge on any atom is 0.327 e. The Hall–Kier alpha value is -2.30. The van der Waals surface area contributed by atoms with Crippen LogP contribution in [0, 0.1) is 10.8 Å². The first-order valence-electron chi connectivity index (χ1n) is 14.7. The van der Waals surface area contributed by atoms with Gasteiger partial charge in [0.2, 0.25) is 5.91 Å². The van der Waals surface area contributed by atoms with Gasteiger partial charge >= 0.3 is 5.97 Å². The van der Waals surface area contributed by atoms with Crippen molar-refractivity contribution >= 4 is 11.9 Å². The molecule has 3 atom stereocenters. The van der Waals surface area contributed by atoms with Crippen molar-refractivity contribution in [2.75, 3.05) is 26.4 Å². The number of carbonyl (C=O) groups excluding carboxylic acids is 2. The first-order valence-corrected chi connectivity index (χ1v) is 14.7. The van der Waals surface area contributed by atoms with E-state index in [1.807, 2.05) is 36.4 Å². The lowest BCUT2D eigenvalue weighted by Crippen LogP contribution is -2.46. The van der Waals surface area contributed by atoms with Crippen molar-refractivity contribution in [3.05, 3.63) is 54.4 Å². The molecule has 0 heterocycles. The number of allylic oxidation sites excluding steroid dienone is 1. The minimum absolute atomic E-state index is 0.114. The number of esters is 1. The average Bonchev–Trinajstić information content (AvgIpc) is 2.95. The van der Waals surface area contributed by atoms with Crippen LogP contribution in [-0.4, -0.2) is 76.9 Å². The highest BCUT2D eigenvalue weighted by Gasteiger charge is 2.39. The predicted octanol–water partition coefficient (Wildman–Crippen LogP) is 5.03. The molecule has 1 aromatic rings. The quantitative estimate of drug-likeness (QED) is 0.0760. The highest BCUT2D eigenvalue weighted by Crippen LogP contribution is 2.34. The molecule has 1 aromatic carbocycles. The third-order valence-corrected chi connectivity index (χ3v) is 7.26. The smallest absolute Gasteiger partial charge is 0.327 e. The number of hydrogen-bond donors (Lipinski definition) is 3. The molecule has 0 bridgehead atoms. The fourth-order valence-electron chi connectivity index (χ4n) is 4.69. The van der Waals surface area contributed by atoms with Gasteiger partial charge in [0.25, 0.3) is 0 Å². The number of ether oxygens (including phenoxy) is 2. The minimum Gasteiger partial charge on any atom is -0.580 e. The molecule has 9 nitrogen and oxygen atoms in total. The van der Waals surface area contributed by atoms with Gasteiger partial charge in [-0.15, -0.1) is 6.58 Å². The molecule has 9 heteroatoms. The predicted molar refractivity (Wildman–Crippen MR) is 161 cm³/mol. The largest absolute Gasteiger partial charge is 0.580 e. The summed E-state index contributed by atoms with van der Waals surface area (Å²) in [5.41, 5.74) is -0.629. The van der Waals surface area contributed by atoms with Crippen molar-refractivity contribution in [2.45, 2.75) is 104 Å². The number of amides is 1. The van der Waals surface area contributed by atoms with Crippen LogP contribution < -0.4 is 0 Å². The molecule has 41 heavy (non-hydrogen) atoms. The molecule has 0 spiro atoms. The molecule has 0 saturated heterocycles. The van der Waals surface area contributed by atoms with Crippen LogP contribution in [0.2, 0.25) is 0 Å². The molecule has 0 aliphatic carbocycles. The maximum atomic E-state index is 13.0. The van der Waals surface area contributed by atoms with Crippen LogP contribution in [-0.2, 0) is 25.5 Å². The van der Waals surface area contributed by atoms with E-state index in [4.69, 9.17) is 15.3 Å². The van der Waals surface area contributed by atoms with Gasteiger partial charge in [0.1, 0.15) is 18.8 Å². The van der Waals surface area contributed by atoms with Crippen LogP contribution in [0.15, 0.2) is 43.0 Å². The summed E-state index contributed by atoms with van der Waals surface area (Å²) in [5, 5.41) is 31.2. The van der Waals surface area contributed by atoms with Gasteiger partial charge in [-0.1, -0.05) is 89.8 Å². The van der Waals surface area contributed by atoms with Gasteiger partial charge in [0.15, 0.2) is 0 Å². The van der Waals surface area contributed by atoms with Crippen molar-refractivity contribution < 1.29 is 34.4 Å². The maximum absolute atomic E-state index is 13.0. The summed E-state index contributed by atoms with van der Waals surface area (Å²) in [6.45, 7) is 10.3. The topological polar surface area (TPSA) is 140 Å². The first-order chi connectivity index (χ1) is 19.4. The average molecular weight is 578 g/mol. The van der Waals surface area contributed by atoms with E-state index in [1.54, 1.807) is 27.7 Å². The Morgan fingerprint density at radius 3 is 2.20 bits per heavy atom. The molecule has 234 valence electrons. The summed E-state index contributed by atoms with van der Waals surface area (Å²) in [4.78, 5) is 25.8. The molecule has 1 rings (SSSR count). The summed E-state index contributed by atoms with van der Waals surface area (Å²) < 4.78 is 10.9. The van der Waals surface area contributed by atoms with Crippen LogP contribution in [0.5, 0.6) is 0 Å². The molecule has 0 radical (unpaired) electrons. The summed E-state index contributed by atoms with van der Waals surface area (Å²) in [7, 11) is 0. The summed E-state index contributed by atoms with van der Waals surface area (Å²) in [5.74, 6) is 7.22. The standard InChI is InChI=1S/C32H53N2O7/c1-6-7-8-9-10-11-12-16-19-28(37)34(33)27(20-25-17-14-13-15-18-25)29(38)41-22-26(36)21-40-24-32(4,5)30(39)31(2,3)23-35/h6,13-15,17-18,26-27,30,33,35-36,39H,1,7-12,16,19-24H2,2-5H3/q-1. The molecular weight excluding hydrogens is 524 g/mol. The van der Waals surface area contributed by atoms with Gasteiger partial charge < -0.3 is 35.6 Å². The second kappa shape index (κ2) is 19.0. The van der Waals surface area contributed by atoms with E-state index in [9.17, 15) is 24.9 Å². The Morgan fingerprint density at radius 2 is 1.59 bits per heavy atom. The summed E-state index contributed by atoms with van der Waals surface area (Å²) in [6.07, 6.45) is 7.17. The molecule has 1 amide bonds. The van der Waals surface area contributed by atoms with E-state index in [0.717, 1.165) is 49.1 Å². The van der Waals surface area contributed by atoms with Gasteiger partial charge in [-0.25, -0.2) is 4.79 Å². The monoisotopic (exact) mass is 577 g/mol. The number of unbranched alkanes of at least 4 members (excludes halogenated alkanes) is 6. The van der Waals surface area contributed by atoms with E-state index in [0.29, 0.717) is 6.42 Å². The van der Waals surface area contributed by atoms with Crippen LogP contribution in [0.1, 0.15) is 84.6 Å². The van der Waals surface area contributed by atoms with Crippen molar-refractivity contribution in [1.29, 1.82) is 0 Å². The van der Waals surface area contributed by atoms with Crippen LogP contribution in [0.25, 0.3) is 5.84 Å². The van der Waals surface area contributed by atoms with Gasteiger partial charge in [0, 0.05) is 23.7 Å². The van der Waals surface area contributed by atoms with Crippen LogP contribution in [0.3, 0.4) is 0 Å². The fraction of sp³-hybridized carbons (Fsp3) is 0.688. The molecule has 3 unspecified atom stereocenters. The lowest BCUT2D eigenvalue weighted by molar-refractivity contribution is -0.157. The van der Waals surface area contributed by atoms with Crippen molar-refractivity contribution in [1.82, 2.24) is 5.01 Å². The molecule has 0 saturated carbocycles. The fourth-order valence-corrected chi connectivity index (χ4v) is 4.69. The highest BCUT2D eigenvalue weighted by atomic mass is 16.6. The van der Waals surface area contributed by atoms with E-state index >= 15 is 0 Å². The second-order valence-electron chi connectivity index (χ2n) is 12.3. The van der Waals surface area contributed by atoms with Crippen molar-refractivity contribution in [2.24, 2.45) is 10.8 Å². The zero-order valence-electron chi connectivity index (χ0n) is 25.5. The Balaban J connectivity index is 2.63. The number of aliphatic hydroxyl groups excluding tert-OH is 3. The third kappa shape index (κ3) is 13.9. The molecule has 0 fully saturated rings. The number of nitrogens with one attached hydrogen (secondary N) is 1. The lowest BCUT2D eigenvalue weighted by Gasteiger charge is -2.40. The minimum atomic E-state index is -1.15. The number of rotatable bonds is 22. The molecule has 0 aliphatic heterocycles. The third-order valence-electron chi connectivity index (χ3n) is 7.26. The number of hydrogen-bond acceptors (Lipinski definition) is 7. The number of aliphatic hydroxyl groups is 3. The van der Waals surface area contributed by atoms with E-state index in [2.05, 4.69) is 6.58 Å². The lowest BCUT2D eigenvalue weighted by atomic mass is 9.73. The Morgan fingerprint density at radius 1 is 0.976 bits per heavy atom. The van der Waals surface area contributed by atoms with Gasteiger partial charge in [-0.3, -0.25) is 4.79 Å². The molecule has 0 aliphatic rings. The zero-order chi connectivity index (χ0) is 30.9. The molecule has 0 aromatic heterocycles. The number of benzene rings is 1. The van der Waals surface area contributed by atoms with Gasteiger partial charge in [-0.2, -0.15) is 0 Å². The van der Waals surface area contributed by atoms with E-state index in [1.165, 1.54) is 0 Å². The second-order valence-corrected chi connectivity index (χ2v) is 12.3. The van der Waals surface area contributed by atoms with Gasteiger partial charge in [-0.05, 0) is 24.8 Å². The first kappa shape index (κ1) is 36.7. The molecule has 4 N–H and O–H groups in total. The van der Waals surface area contributed by atoms with Crippen LogP contribution >= 0.6 is 0 Å².